The predicted molar refractivity (Wildman–Crippen MR) is 284 cm³/mol. The molecule has 10 N–H and O–H groups in total. The molecule has 20 heteroatoms. The number of aromatic hydroxyl groups is 4. The van der Waals surface area contributed by atoms with E-state index >= 15 is 0 Å². The van der Waals surface area contributed by atoms with Crippen LogP contribution >= 0.6 is 0 Å². The molecule has 0 bridgehead atoms. The molecule has 2 aliphatic rings. The number of hydrogen-bond donors (Lipinski definition) is 10. The van der Waals surface area contributed by atoms with Crippen LogP contribution in [0.5, 0.6) is 23.0 Å². The number of phenols is 4. The lowest BCUT2D eigenvalue weighted by Crippen LogP contribution is -2.59. The van der Waals surface area contributed by atoms with Gasteiger partial charge in [-0.05, 0) is 118 Å². The average molecular weight is 1060 g/mol. The van der Waals surface area contributed by atoms with E-state index in [9.17, 15) is 58.8 Å². The highest BCUT2D eigenvalue weighted by molar-refractivity contribution is 6.02. The van der Waals surface area contributed by atoms with Gasteiger partial charge in [0.2, 0.25) is 35.4 Å². The number of nitrogens with zero attached hydrogens (tertiary/aromatic N) is 2. The molecule has 0 radical (unpaired) electrons. The molecule has 20 nitrogen and oxygen atoms in total. The van der Waals surface area contributed by atoms with Crippen LogP contribution in [-0.2, 0) is 41.6 Å². The molecule has 2 heterocycles. The van der Waals surface area contributed by atoms with Crippen molar-refractivity contribution in [3.8, 4) is 23.0 Å². The summed E-state index contributed by atoms with van der Waals surface area (Å²) < 4.78 is 0. The smallest absolute Gasteiger partial charge is 0.246 e. The van der Waals surface area contributed by atoms with Crippen molar-refractivity contribution < 1.29 is 58.8 Å². The Hall–Kier alpha value is -7.06. The molecule has 76 heavy (non-hydrogen) atoms. The number of likely N-dealkylation sites (tertiary alicyclic amines) is 2. The highest BCUT2D eigenvalue weighted by atomic mass is 16.3. The van der Waals surface area contributed by atoms with E-state index < -0.39 is 94.4 Å². The topological polar surface area (TPSA) is 296 Å². The second-order valence-corrected chi connectivity index (χ2v) is 22.4. The number of amides is 6. The highest BCUT2D eigenvalue weighted by Crippen LogP contribution is 2.34. The van der Waals surface area contributed by atoms with Crippen LogP contribution < -0.4 is 31.9 Å². The molecule has 2 saturated heterocycles. The maximum Gasteiger partial charge on any atom is 0.246 e. The van der Waals surface area contributed by atoms with Gasteiger partial charge in [0.25, 0.3) is 0 Å². The number of carbonyl (C=O) groups is 8. The van der Waals surface area contributed by atoms with Gasteiger partial charge in [0.15, 0.2) is 34.6 Å². The molecule has 0 saturated carbocycles. The summed E-state index contributed by atoms with van der Waals surface area (Å²) in [7, 11) is 3.24. The van der Waals surface area contributed by atoms with Gasteiger partial charge in [-0.15, -0.1) is 0 Å². The summed E-state index contributed by atoms with van der Waals surface area (Å²) in [6.45, 7) is 14.5. The maximum atomic E-state index is 14.5. The van der Waals surface area contributed by atoms with Crippen molar-refractivity contribution in [3.63, 3.8) is 0 Å². The highest BCUT2D eigenvalue weighted by Gasteiger charge is 2.47. The second kappa shape index (κ2) is 25.7. The quantitative estimate of drug-likeness (QED) is 0.0512. The van der Waals surface area contributed by atoms with E-state index in [4.69, 9.17) is 0 Å². The summed E-state index contributed by atoms with van der Waals surface area (Å²) in [5, 5.41) is 56.6. The summed E-state index contributed by atoms with van der Waals surface area (Å²) in [5.74, 6) is -5.53. The van der Waals surface area contributed by atoms with E-state index in [-0.39, 0.29) is 97.6 Å². The lowest BCUT2D eigenvalue weighted by Gasteiger charge is -2.36. The van der Waals surface area contributed by atoms with Gasteiger partial charge in [0.05, 0.1) is 12.1 Å². The number of phenolic OH excluding ortho intramolecular Hbond substituents is 4. The first-order valence-electron chi connectivity index (χ1n) is 25.9. The third-order valence-corrected chi connectivity index (χ3v) is 14.4. The van der Waals surface area contributed by atoms with Crippen LogP contribution in [0.4, 0.5) is 0 Å². The summed E-state index contributed by atoms with van der Waals surface area (Å²) in [6, 6.07) is 9.66. The van der Waals surface area contributed by atoms with Crippen LogP contribution in [0.15, 0.2) is 60.7 Å². The van der Waals surface area contributed by atoms with Gasteiger partial charge in [-0.1, -0.05) is 71.9 Å². The monoisotopic (exact) mass is 1050 g/mol. The van der Waals surface area contributed by atoms with E-state index in [0.29, 0.717) is 24.0 Å². The zero-order chi connectivity index (χ0) is 56.4. The van der Waals surface area contributed by atoms with Gasteiger partial charge >= 0.3 is 0 Å². The third-order valence-electron chi connectivity index (χ3n) is 14.4. The van der Waals surface area contributed by atoms with Gasteiger partial charge in [-0.3, -0.25) is 38.4 Å². The molecule has 0 aromatic heterocycles. The van der Waals surface area contributed by atoms with Crippen LogP contribution in [0, 0.1) is 22.7 Å². The molecule has 0 aliphatic carbocycles. The van der Waals surface area contributed by atoms with Gasteiger partial charge in [0, 0.05) is 50.1 Å². The zero-order valence-electron chi connectivity index (χ0n) is 45.4. The van der Waals surface area contributed by atoms with Crippen molar-refractivity contribution in [3.05, 3.63) is 82.9 Å². The van der Waals surface area contributed by atoms with Crippen molar-refractivity contribution in [2.75, 3.05) is 40.3 Å². The Morgan fingerprint density at radius 1 is 0.553 bits per heavy atom. The van der Waals surface area contributed by atoms with Gasteiger partial charge in [-0.2, -0.15) is 0 Å². The lowest BCUT2D eigenvalue weighted by atomic mass is 9.85. The average Bonchev–Trinajstić information content (AvgIpc) is 4.00. The van der Waals surface area contributed by atoms with E-state index in [2.05, 4.69) is 31.9 Å². The number of rotatable bonds is 22. The number of Topliss-reactive ketones (excluding diaryl/α,β-unsaturated/α-hetero) is 2. The molecule has 3 aromatic rings. The number of ketones is 2. The van der Waals surface area contributed by atoms with Crippen LogP contribution in [-0.4, -0.2) is 154 Å². The molecule has 6 amide bonds. The Balaban J connectivity index is 1.33. The summed E-state index contributed by atoms with van der Waals surface area (Å²) >= 11 is 0. The fraction of sp³-hybridized carbons (Fsp3) is 0.536. The van der Waals surface area contributed by atoms with Crippen molar-refractivity contribution in [1.82, 2.24) is 41.7 Å². The Labute approximate surface area is 445 Å². The summed E-state index contributed by atoms with van der Waals surface area (Å²) in [4.78, 5) is 114. The summed E-state index contributed by atoms with van der Waals surface area (Å²) in [6.07, 6.45) is 0.697. The summed E-state index contributed by atoms with van der Waals surface area (Å²) in [5.41, 5.74) is 0.210. The molecular weight excluding hydrogens is 977 g/mol. The minimum Gasteiger partial charge on any atom is -0.504 e. The zero-order valence-corrected chi connectivity index (χ0v) is 45.4. The molecule has 3 aromatic carbocycles. The van der Waals surface area contributed by atoms with Crippen molar-refractivity contribution in [2.45, 2.75) is 130 Å². The van der Waals surface area contributed by atoms with Gasteiger partial charge in [-0.25, -0.2) is 0 Å². The minimum atomic E-state index is -1.03. The molecule has 0 spiro atoms. The van der Waals surface area contributed by atoms with E-state index in [1.807, 2.05) is 0 Å². The number of benzene rings is 3. The molecule has 2 aliphatic heterocycles. The fourth-order valence-corrected chi connectivity index (χ4v) is 9.52. The Kier molecular flexibility index (Phi) is 20.2. The predicted octanol–water partition coefficient (Wildman–Crippen LogP) is 3.08. The Morgan fingerprint density at radius 2 is 0.921 bits per heavy atom. The fourth-order valence-electron chi connectivity index (χ4n) is 9.52. The normalized spacial score (nSPS) is 19.2. The van der Waals surface area contributed by atoms with Crippen LogP contribution in [0.2, 0.25) is 0 Å². The first-order chi connectivity index (χ1) is 35.6. The molecule has 8 atom stereocenters. The third kappa shape index (κ3) is 15.5. The number of hydrogen-bond acceptors (Lipinski definition) is 14. The van der Waals surface area contributed by atoms with Crippen molar-refractivity contribution in [1.29, 1.82) is 0 Å². The van der Waals surface area contributed by atoms with Crippen LogP contribution in [0.1, 0.15) is 113 Å². The number of nitrogens with one attached hydrogen (secondary N) is 6. The first kappa shape index (κ1) is 59.8. The lowest BCUT2D eigenvalue weighted by molar-refractivity contribution is -0.144. The number of likely N-dealkylation sites (N-methyl/N-ethyl adjacent to an activating group) is 2. The van der Waals surface area contributed by atoms with E-state index in [1.165, 1.54) is 40.1 Å². The molecule has 2 fully saturated rings. The van der Waals surface area contributed by atoms with Gasteiger partial charge < -0.3 is 62.1 Å². The molecule has 0 unspecified atom stereocenters. The van der Waals surface area contributed by atoms with Crippen molar-refractivity contribution >= 4 is 47.0 Å². The molecular formula is C56H78N8O12. The maximum absolute atomic E-state index is 14.5. The minimum absolute atomic E-state index is 0.0253. The number of carbonyl (C=O) groups excluding carboxylic acids is 8. The Bertz CT molecular complexity index is 2450. The molecule has 414 valence electrons. The Morgan fingerprint density at radius 3 is 1.25 bits per heavy atom. The SMILES string of the molecule is CN[C@@H](C)C(=O)N[C@H](C(=O)N1C[C@@H](CC(=O)c2cccc(C(=O)C[C@H]3C[C@@H](C(=O)NCCc4ccc(O)c(O)c4)N(C(=O)[C@@H](NC(=O)[C@H](C)NC)C(C)(C)C)C3)c2)C[C@H]1C(=O)NCCc1ccc(O)c(O)c1)C(C)(C)C. The first-order valence-corrected chi connectivity index (χ1v) is 25.9. The van der Waals surface area contributed by atoms with Crippen molar-refractivity contribution in [2.24, 2.45) is 22.7 Å². The van der Waals surface area contributed by atoms with Crippen LogP contribution in [0.3, 0.4) is 0 Å². The van der Waals surface area contributed by atoms with E-state index in [0.717, 1.165) is 0 Å². The standard InChI is InChI=1S/C56H78N8O12/c1-31(57-9)49(71)61-47(55(3,4)5)53(75)63-29-35(22-39(63)51(73)59-20-18-33-14-16-41(65)45(69)24-33)26-43(67)37-12-11-13-38(28-37)44(68)27-36-23-40(52(74)60-21-19-34-15-17-42(66)46(70)25-34)64(30-36)54(76)48(56(6,7)8)62-50(72)32(2)58-10/h11-17,24-25,28,31-32,35-36,39-40,47-48,57-58,65-66,69-70H,18-23,26-27,29-30H2,1-10H3,(H,59,73)(H,60,74)(H,61,71)(H,62,72)/t31-,32-,35+,36+,39-,40-,47+,48+/m0/s1. The second-order valence-electron chi connectivity index (χ2n) is 22.4. The van der Waals surface area contributed by atoms with E-state index in [1.54, 1.807) is 99.8 Å². The largest absolute Gasteiger partial charge is 0.504 e. The molecule has 5 rings (SSSR count). The van der Waals surface area contributed by atoms with Crippen LogP contribution in [0.25, 0.3) is 0 Å². The van der Waals surface area contributed by atoms with Gasteiger partial charge in [0.1, 0.15) is 24.2 Å².